The van der Waals surface area contributed by atoms with Crippen LogP contribution >= 0.6 is 0 Å². The summed E-state index contributed by atoms with van der Waals surface area (Å²) in [4.78, 5) is 30.9. The van der Waals surface area contributed by atoms with E-state index in [2.05, 4.69) is 15.3 Å². The Morgan fingerprint density at radius 1 is 1.16 bits per heavy atom. The molecule has 2 heterocycles. The summed E-state index contributed by atoms with van der Waals surface area (Å²) in [7, 11) is 1.58. The number of carbonyl (C=O) groups is 1. The first-order valence-corrected chi connectivity index (χ1v) is 7.72. The number of rotatable bonds is 5. The summed E-state index contributed by atoms with van der Waals surface area (Å²) in [5.41, 5.74) is 1.39. The van der Waals surface area contributed by atoms with Crippen LogP contribution in [-0.4, -0.2) is 23.0 Å². The van der Waals surface area contributed by atoms with Crippen LogP contribution in [0.1, 0.15) is 27.7 Å². The number of amides is 1. The zero-order valence-electron chi connectivity index (χ0n) is 13.6. The number of aromatic nitrogens is 2. The van der Waals surface area contributed by atoms with Crippen molar-refractivity contribution in [3.8, 4) is 5.75 Å². The molecule has 25 heavy (non-hydrogen) atoms. The van der Waals surface area contributed by atoms with Crippen molar-refractivity contribution in [3.63, 3.8) is 0 Å². The number of para-hydroxylation sites is 1. The van der Waals surface area contributed by atoms with Gasteiger partial charge in [0.15, 0.2) is 0 Å². The average Bonchev–Trinajstić information content (AvgIpc) is 2.66. The molecule has 0 aliphatic carbocycles. The Labute approximate surface area is 144 Å². The van der Waals surface area contributed by atoms with E-state index in [1.54, 1.807) is 25.4 Å². The minimum Gasteiger partial charge on any atom is -0.496 e. The summed E-state index contributed by atoms with van der Waals surface area (Å²) in [6.07, 6.45) is 3.10. The molecule has 0 aliphatic rings. The minimum atomic E-state index is -0.510. The van der Waals surface area contributed by atoms with Gasteiger partial charge in [0.25, 0.3) is 5.91 Å². The molecule has 3 aromatic rings. The highest BCUT2D eigenvalue weighted by molar-refractivity contribution is 5.94. The number of pyridine rings is 2. The summed E-state index contributed by atoms with van der Waals surface area (Å²) in [6, 6.07) is 15.2. The molecule has 0 aliphatic heterocycles. The summed E-state index contributed by atoms with van der Waals surface area (Å²) in [5, 5.41) is 2.93. The first-order valence-electron chi connectivity index (χ1n) is 7.72. The lowest BCUT2D eigenvalue weighted by molar-refractivity contribution is 0.0941. The van der Waals surface area contributed by atoms with Gasteiger partial charge < -0.3 is 15.0 Å². The molecular formula is C19H17N3O3. The normalized spacial score (nSPS) is 11.6. The van der Waals surface area contributed by atoms with E-state index >= 15 is 0 Å². The molecule has 6 heteroatoms. The molecule has 0 fully saturated rings. The van der Waals surface area contributed by atoms with Crippen LogP contribution in [0.2, 0.25) is 0 Å². The van der Waals surface area contributed by atoms with E-state index in [1.165, 1.54) is 12.3 Å². The molecule has 3 rings (SSSR count). The fraction of sp³-hybridized carbons (Fsp3) is 0.105. The molecule has 0 saturated heterocycles. The molecule has 1 aromatic carbocycles. The number of hydrogen-bond acceptors (Lipinski definition) is 4. The number of nitrogens with one attached hydrogen (secondary N) is 2. The van der Waals surface area contributed by atoms with Gasteiger partial charge in [0.05, 0.1) is 12.8 Å². The molecule has 0 spiro atoms. The number of H-pyrrole nitrogens is 1. The Bertz CT molecular complexity index is 922. The fourth-order valence-corrected chi connectivity index (χ4v) is 2.56. The number of nitrogens with zero attached hydrogens (tertiary/aromatic N) is 1. The average molecular weight is 335 g/mol. The summed E-state index contributed by atoms with van der Waals surface area (Å²) in [5.74, 6) is 0.275. The van der Waals surface area contributed by atoms with E-state index in [0.29, 0.717) is 11.4 Å². The number of carbonyl (C=O) groups excluding carboxylic acids is 1. The Morgan fingerprint density at radius 2 is 1.96 bits per heavy atom. The molecule has 0 radical (unpaired) electrons. The van der Waals surface area contributed by atoms with E-state index in [-0.39, 0.29) is 17.0 Å². The standard InChI is InChI=1S/C19H17N3O3/c1-25-16-8-3-2-6-14(16)18(15-7-4-5-10-20-15)22-19(24)13-9-11-21-17(23)12-13/h2-12,18H,1H3,(H,21,23)(H,22,24). The summed E-state index contributed by atoms with van der Waals surface area (Å²) >= 11 is 0. The number of methoxy groups -OCH3 is 1. The van der Waals surface area contributed by atoms with Crippen molar-refractivity contribution in [2.75, 3.05) is 7.11 Å². The Hall–Kier alpha value is -3.41. The molecule has 1 unspecified atom stereocenters. The lowest BCUT2D eigenvalue weighted by Gasteiger charge is -2.21. The van der Waals surface area contributed by atoms with Gasteiger partial charge in [-0.05, 0) is 24.3 Å². The molecule has 126 valence electrons. The molecule has 6 nitrogen and oxygen atoms in total. The lowest BCUT2D eigenvalue weighted by atomic mass is 10.0. The first kappa shape index (κ1) is 16.4. The molecule has 0 bridgehead atoms. The highest BCUT2D eigenvalue weighted by atomic mass is 16.5. The van der Waals surface area contributed by atoms with Crippen molar-refractivity contribution in [3.05, 3.63) is 94.2 Å². The largest absolute Gasteiger partial charge is 0.496 e. The number of ether oxygens (including phenoxy) is 1. The minimum absolute atomic E-state index is 0.277. The number of hydrogen-bond donors (Lipinski definition) is 2. The fourth-order valence-electron chi connectivity index (χ4n) is 2.56. The monoisotopic (exact) mass is 335 g/mol. The first-order chi connectivity index (χ1) is 12.2. The molecule has 2 N–H and O–H groups in total. The zero-order chi connectivity index (χ0) is 17.6. The zero-order valence-corrected chi connectivity index (χ0v) is 13.6. The van der Waals surface area contributed by atoms with Gasteiger partial charge in [-0.3, -0.25) is 14.6 Å². The van der Waals surface area contributed by atoms with Crippen molar-refractivity contribution in [1.82, 2.24) is 15.3 Å². The van der Waals surface area contributed by atoms with Crippen molar-refractivity contribution in [2.24, 2.45) is 0 Å². The van der Waals surface area contributed by atoms with Crippen LogP contribution in [0.3, 0.4) is 0 Å². The van der Waals surface area contributed by atoms with Crippen molar-refractivity contribution < 1.29 is 9.53 Å². The third kappa shape index (κ3) is 3.74. The number of benzene rings is 1. The molecule has 1 atom stereocenters. The Balaban J connectivity index is 2.00. The van der Waals surface area contributed by atoms with E-state index in [1.807, 2.05) is 36.4 Å². The Kier molecular flexibility index (Phi) is 4.89. The quantitative estimate of drug-likeness (QED) is 0.749. The van der Waals surface area contributed by atoms with Crippen LogP contribution < -0.4 is 15.6 Å². The van der Waals surface area contributed by atoms with Gasteiger partial charge in [-0.25, -0.2) is 0 Å². The van der Waals surface area contributed by atoms with E-state index in [0.717, 1.165) is 5.56 Å². The Morgan fingerprint density at radius 3 is 2.68 bits per heavy atom. The molecule has 2 aromatic heterocycles. The van der Waals surface area contributed by atoms with Crippen molar-refractivity contribution in [1.29, 1.82) is 0 Å². The maximum absolute atomic E-state index is 12.6. The lowest BCUT2D eigenvalue weighted by Crippen LogP contribution is -2.30. The highest BCUT2D eigenvalue weighted by Crippen LogP contribution is 2.29. The van der Waals surface area contributed by atoms with Crippen LogP contribution in [0.4, 0.5) is 0 Å². The maximum Gasteiger partial charge on any atom is 0.252 e. The van der Waals surface area contributed by atoms with Crippen molar-refractivity contribution >= 4 is 5.91 Å². The van der Waals surface area contributed by atoms with Gasteiger partial charge in [0.1, 0.15) is 11.8 Å². The molecule has 0 saturated carbocycles. The van der Waals surface area contributed by atoms with Crippen LogP contribution in [0, 0.1) is 0 Å². The van der Waals surface area contributed by atoms with Crippen LogP contribution in [0.5, 0.6) is 5.75 Å². The second-order valence-electron chi connectivity index (χ2n) is 5.34. The summed E-state index contributed by atoms with van der Waals surface area (Å²) < 4.78 is 5.42. The predicted molar refractivity (Wildman–Crippen MR) is 93.6 cm³/mol. The van der Waals surface area contributed by atoms with Crippen LogP contribution in [0.25, 0.3) is 0 Å². The van der Waals surface area contributed by atoms with Crippen LogP contribution in [0.15, 0.2) is 71.8 Å². The smallest absolute Gasteiger partial charge is 0.252 e. The van der Waals surface area contributed by atoms with Gasteiger partial charge in [-0.1, -0.05) is 24.3 Å². The van der Waals surface area contributed by atoms with Gasteiger partial charge in [0, 0.05) is 29.6 Å². The van der Waals surface area contributed by atoms with E-state index < -0.39 is 6.04 Å². The third-order valence-electron chi connectivity index (χ3n) is 3.75. The van der Waals surface area contributed by atoms with Gasteiger partial charge in [-0.2, -0.15) is 0 Å². The second kappa shape index (κ2) is 7.44. The van der Waals surface area contributed by atoms with Gasteiger partial charge >= 0.3 is 0 Å². The SMILES string of the molecule is COc1ccccc1C(NC(=O)c1cc[nH]c(=O)c1)c1ccccn1. The second-order valence-corrected chi connectivity index (χ2v) is 5.34. The number of aromatic amines is 1. The topological polar surface area (TPSA) is 84.1 Å². The molecule has 1 amide bonds. The molecular weight excluding hydrogens is 318 g/mol. The van der Waals surface area contributed by atoms with Gasteiger partial charge in [-0.15, -0.1) is 0 Å². The summed E-state index contributed by atoms with van der Waals surface area (Å²) in [6.45, 7) is 0. The predicted octanol–water partition coefficient (Wildman–Crippen LogP) is 2.30. The van der Waals surface area contributed by atoms with Gasteiger partial charge in [0.2, 0.25) is 5.56 Å². The van der Waals surface area contributed by atoms with E-state index in [4.69, 9.17) is 4.74 Å². The maximum atomic E-state index is 12.6. The highest BCUT2D eigenvalue weighted by Gasteiger charge is 2.22. The van der Waals surface area contributed by atoms with Crippen molar-refractivity contribution in [2.45, 2.75) is 6.04 Å². The van der Waals surface area contributed by atoms with E-state index in [9.17, 15) is 9.59 Å². The third-order valence-corrected chi connectivity index (χ3v) is 3.75. The van der Waals surface area contributed by atoms with Crippen LogP contribution in [-0.2, 0) is 0 Å².